The maximum atomic E-state index is 11.8. The van der Waals surface area contributed by atoms with E-state index in [2.05, 4.69) is 0 Å². The van der Waals surface area contributed by atoms with Crippen molar-refractivity contribution in [3.05, 3.63) is 11.8 Å². The van der Waals surface area contributed by atoms with E-state index >= 15 is 0 Å². The molecule has 0 saturated carbocycles. The summed E-state index contributed by atoms with van der Waals surface area (Å²) in [6, 6.07) is 0. The number of carbonyl (C=O) groups excluding carboxylic acids is 2. The molecule has 0 spiro atoms. The molecule has 0 aromatic rings. The normalized spacial score (nSPS) is 28.8. The molecule has 0 radical (unpaired) electrons. The van der Waals surface area contributed by atoms with Crippen molar-refractivity contribution in [2.75, 3.05) is 13.2 Å². The quantitative estimate of drug-likeness (QED) is 0.663. The van der Waals surface area contributed by atoms with E-state index in [1.807, 2.05) is 13.0 Å². The molecule has 2 atom stereocenters. The molecule has 4 heteroatoms. The molecule has 0 N–H and O–H groups in total. The van der Waals surface area contributed by atoms with Crippen LogP contribution in [0.3, 0.4) is 0 Å². The molecule has 1 amide bonds. The van der Waals surface area contributed by atoms with Crippen LogP contribution in [-0.4, -0.2) is 29.9 Å². The zero-order valence-corrected chi connectivity index (χ0v) is 9.73. The molecule has 0 aliphatic carbocycles. The van der Waals surface area contributed by atoms with Crippen LogP contribution in [-0.2, 0) is 14.3 Å². The van der Waals surface area contributed by atoms with Crippen molar-refractivity contribution < 1.29 is 14.3 Å². The fourth-order valence-corrected chi connectivity index (χ4v) is 2.50. The summed E-state index contributed by atoms with van der Waals surface area (Å²) in [5, 5.41) is 0. The van der Waals surface area contributed by atoms with Gasteiger partial charge < -0.3 is 9.64 Å². The fourth-order valence-electron chi connectivity index (χ4n) is 2.50. The standard InChI is InChI=1S/C12H17NO3/c1-3-16-12(15)11-8(2)7-13-9(11)5-4-6-10(13)14/h5,8,11H,3-4,6-7H2,1-2H3. The Kier molecular flexibility index (Phi) is 2.99. The minimum Gasteiger partial charge on any atom is -0.465 e. The van der Waals surface area contributed by atoms with E-state index in [0.29, 0.717) is 19.6 Å². The lowest BCUT2D eigenvalue weighted by atomic mass is 9.94. The number of amides is 1. The lowest BCUT2D eigenvalue weighted by molar-refractivity contribution is -0.147. The summed E-state index contributed by atoms with van der Waals surface area (Å²) in [7, 11) is 0. The zero-order valence-electron chi connectivity index (χ0n) is 9.73. The highest BCUT2D eigenvalue weighted by molar-refractivity contribution is 5.85. The first-order chi connectivity index (χ1) is 7.65. The summed E-state index contributed by atoms with van der Waals surface area (Å²) in [6.45, 7) is 4.83. The number of rotatable bonds is 2. The van der Waals surface area contributed by atoms with Gasteiger partial charge in [0.05, 0.1) is 6.61 Å². The van der Waals surface area contributed by atoms with Gasteiger partial charge in [0.1, 0.15) is 5.92 Å². The smallest absolute Gasteiger partial charge is 0.315 e. The lowest BCUT2D eigenvalue weighted by Gasteiger charge is -2.23. The molecule has 2 heterocycles. The van der Waals surface area contributed by atoms with E-state index in [-0.39, 0.29) is 23.7 Å². The molecule has 1 fully saturated rings. The monoisotopic (exact) mass is 223 g/mol. The van der Waals surface area contributed by atoms with Gasteiger partial charge in [0.25, 0.3) is 0 Å². The van der Waals surface area contributed by atoms with Crippen molar-refractivity contribution in [1.29, 1.82) is 0 Å². The van der Waals surface area contributed by atoms with Crippen LogP contribution in [0, 0.1) is 11.8 Å². The molecular formula is C12H17NO3. The van der Waals surface area contributed by atoms with Gasteiger partial charge in [-0.05, 0) is 19.3 Å². The van der Waals surface area contributed by atoms with Gasteiger partial charge in [-0.25, -0.2) is 0 Å². The Morgan fingerprint density at radius 2 is 2.38 bits per heavy atom. The predicted molar refractivity (Wildman–Crippen MR) is 58.3 cm³/mol. The first kappa shape index (κ1) is 11.2. The van der Waals surface area contributed by atoms with E-state index in [9.17, 15) is 9.59 Å². The number of hydrogen-bond donors (Lipinski definition) is 0. The molecule has 0 aromatic heterocycles. The van der Waals surface area contributed by atoms with Gasteiger partial charge in [-0.2, -0.15) is 0 Å². The first-order valence-corrected chi connectivity index (χ1v) is 5.82. The Hall–Kier alpha value is -1.32. The van der Waals surface area contributed by atoms with Crippen LogP contribution in [0.1, 0.15) is 26.7 Å². The Labute approximate surface area is 95.2 Å². The topological polar surface area (TPSA) is 46.6 Å². The largest absolute Gasteiger partial charge is 0.465 e. The van der Waals surface area contributed by atoms with E-state index in [0.717, 1.165) is 12.1 Å². The summed E-state index contributed by atoms with van der Waals surface area (Å²) >= 11 is 0. The zero-order chi connectivity index (χ0) is 11.7. The highest BCUT2D eigenvalue weighted by Gasteiger charge is 2.43. The molecule has 4 nitrogen and oxygen atoms in total. The number of allylic oxidation sites excluding steroid dienone is 1. The van der Waals surface area contributed by atoms with Gasteiger partial charge in [-0.1, -0.05) is 13.0 Å². The summed E-state index contributed by atoms with van der Waals surface area (Å²) in [5.74, 6) is -0.147. The third-order valence-corrected chi connectivity index (χ3v) is 3.22. The minimum atomic E-state index is -0.246. The second-order valence-corrected chi connectivity index (χ2v) is 4.38. The Bertz CT molecular complexity index is 348. The van der Waals surface area contributed by atoms with Crippen LogP contribution in [0.25, 0.3) is 0 Å². The van der Waals surface area contributed by atoms with Gasteiger partial charge in [0, 0.05) is 18.7 Å². The number of hydrogen-bond acceptors (Lipinski definition) is 3. The van der Waals surface area contributed by atoms with Crippen LogP contribution in [0.4, 0.5) is 0 Å². The van der Waals surface area contributed by atoms with Crippen molar-refractivity contribution in [3.8, 4) is 0 Å². The number of carbonyl (C=O) groups is 2. The van der Waals surface area contributed by atoms with Crippen LogP contribution in [0.2, 0.25) is 0 Å². The number of esters is 1. The van der Waals surface area contributed by atoms with Gasteiger partial charge in [-0.3, -0.25) is 9.59 Å². The molecule has 2 aliphatic rings. The summed E-state index contributed by atoms with van der Waals surface area (Å²) in [6.07, 6.45) is 3.31. The van der Waals surface area contributed by atoms with Crippen molar-refractivity contribution in [1.82, 2.24) is 4.90 Å². The van der Waals surface area contributed by atoms with E-state index in [1.54, 1.807) is 11.8 Å². The summed E-state index contributed by atoms with van der Waals surface area (Å²) < 4.78 is 5.06. The van der Waals surface area contributed by atoms with Gasteiger partial charge in [-0.15, -0.1) is 0 Å². The highest BCUT2D eigenvalue weighted by Crippen LogP contribution is 2.36. The number of nitrogens with zero attached hydrogens (tertiary/aromatic N) is 1. The summed E-state index contributed by atoms with van der Waals surface area (Å²) in [4.78, 5) is 25.2. The highest BCUT2D eigenvalue weighted by atomic mass is 16.5. The fraction of sp³-hybridized carbons (Fsp3) is 0.667. The predicted octanol–water partition coefficient (Wildman–Crippen LogP) is 1.32. The van der Waals surface area contributed by atoms with Crippen molar-refractivity contribution in [3.63, 3.8) is 0 Å². The third kappa shape index (κ3) is 1.72. The van der Waals surface area contributed by atoms with Gasteiger partial charge >= 0.3 is 5.97 Å². The average molecular weight is 223 g/mol. The molecular weight excluding hydrogens is 206 g/mol. The van der Waals surface area contributed by atoms with Gasteiger partial charge in [0.15, 0.2) is 0 Å². The number of fused-ring (bicyclic) bond motifs is 1. The Morgan fingerprint density at radius 1 is 1.62 bits per heavy atom. The van der Waals surface area contributed by atoms with Crippen LogP contribution in [0.15, 0.2) is 11.8 Å². The molecule has 2 unspecified atom stereocenters. The molecule has 2 rings (SSSR count). The molecule has 0 bridgehead atoms. The Balaban J connectivity index is 2.22. The molecule has 88 valence electrons. The van der Waals surface area contributed by atoms with E-state index in [1.165, 1.54) is 0 Å². The average Bonchev–Trinajstić information content (AvgIpc) is 2.56. The van der Waals surface area contributed by atoms with Crippen molar-refractivity contribution in [2.45, 2.75) is 26.7 Å². The van der Waals surface area contributed by atoms with E-state index in [4.69, 9.17) is 4.74 Å². The third-order valence-electron chi connectivity index (χ3n) is 3.22. The molecule has 0 aromatic carbocycles. The van der Waals surface area contributed by atoms with Crippen molar-refractivity contribution in [2.24, 2.45) is 11.8 Å². The lowest BCUT2D eigenvalue weighted by Crippen LogP contribution is -2.30. The van der Waals surface area contributed by atoms with Gasteiger partial charge in [0.2, 0.25) is 5.91 Å². The maximum Gasteiger partial charge on any atom is 0.315 e. The SMILES string of the molecule is CCOC(=O)C1C2=CCCC(=O)N2CC1C. The second kappa shape index (κ2) is 4.28. The van der Waals surface area contributed by atoms with Crippen LogP contribution >= 0.6 is 0 Å². The van der Waals surface area contributed by atoms with E-state index < -0.39 is 0 Å². The second-order valence-electron chi connectivity index (χ2n) is 4.38. The summed E-state index contributed by atoms with van der Waals surface area (Å²) in [5.41, 5.74) is 0.863. The Morgan fingerprint density at radius 3 is 3.06 bits per heavy atom. The molecule has 1 saturated heterocycles. The van der Waals surface area contributed by atoms with Crippen molar-refractivity contribution >= 4 is 11.9 Å². The maximum absolute atomic E-state index is 11.8. The minimum absolute atomic E-state index is 0.135. The number of ether oxygens (including phenoxy) is 1. The molecule has 16 heavy (non-hydrogen) atoms. The molecule has 2 aliphatic heterocycles. The van der Waals surface area contributed by atoms with Crippen LogP contribution < -0.4 is 0 Å². The van der Waals surface area contributed by atoms with Crippen LogP contribution in [0.5, 0.6) is 0 Å². The first-order valence-electron chi connectivity index (χ1n) is 5.82.